The fourth-order valence-corrected chi connectivity index (χ4v) is 2.67. The molecule has 0 spiro atoms. The van der Waals surface area contributed by atoms with Crippen LogP contribution in [0.4, 0.5) is 0 Å². The number of thiophene rings is 1. The van der Waals surface area contributed by atoms with Gasteiger partial charge in [0.2, 0.25) is 0 Å². The molecule has 1 aromatic heterocycles. The van der Waals surface area contributed by atoms with Crippen LogP contribution in [0.2, 0.25) is 0 Å². The predicted molar refractivity (Wildman–Crippen MR) is 63.9 cm³/mol. The van der Waals surface area contributed by atoms with Crippen molar-refractivity contribution in [2.75, 3.05) is 6.54 Å². The second kappa shape index (κ2) is 4.91. The number of hydrogen-bond donors (Lipinski definition) is 2. The van der Waals surface area contributed by atoms with Crippen molar-refractivity contribution in [1.29, 1.82) is 0 Å². The van der Waals surface area contributed by atoms with Gasteiger partial charge in [-0.2, -0.15) is 0 Å². The first-order valence-electron chi connectivity index (χ1n) is 5.07. The Morgan fingerprint density at radius 1 is 1.43 bits per heavy atom. The van der Waals surface area contributed by atoms with Crippen LogP contribution >= 0.6 is 11.3 Å². The van der Waals surface area contributed by atoms with E-state index in [1.807, 2.05) is 11.3 Å². The largest absolute Gasteiger partial charge is 0.329 e. The summed E-state index contributed by atoms with van der Waals surface area (Å²) in [6.07, 6.45) is 0. The van der Waals surface area contributed by atoms with Crippen molar-refractivity contribution in [3.8, 4) is 0 Å². The molecule has 3 heteroatoms. The highest BCUT2D eigenvalue weighted by Crippen LogP contribution is 2.26. The summed E-state index contributed by atoms with van der Waals surface area (Å²) in [5.41, 5.74) is 7.14. The van der Waals surface area contributed by atoms with Crippen molar-refractivity contribution in [2.45, 2.75) is 39.8 Å². The predicted octanol–water partition coefficient (Wildman–Crippen LogP) is 2.36. The van der Waals surface area contributed by atoms with Crippen LogP contribution in [-0.4, -0.2) is 12.6 Å². The summed E-state index contributed by atoms with van der Waals surface area (Å²) in [7, 11) is 0. The maximum absolute atomic E-state index is 5.77. The minimum atomic E-state index is 0.306. The second-order valence-electron chi connectivity index (χ2n) is 3.98. The number of rotatable bonds is 4. The summed E-state index contributed by atoms with van der Waals surface area (Å²) in [5, 5.41) is 3.48. The molecule has 0 saturated carbocycles. The fourth-order valence-electron chi connectivity index (χ4n) is 1.68. The van der Waals surface area contributed by atoms with Gasteiger partial charge in [-0.15, -0.1) is 11.3 Å². The summed E-state index contributed by atoms with van der Waals surface area (Å²) >= 11 is 1.84. The fraction of sp³-hybridized carbons (Fsp3) is 0.636. The van der Waals surface area contributed by atoms with E-state index in [4.69, 9.17) is 5.73 Å². The zero-order valence-electron chi connectivity index (χ0n) is 9.42. The Morgan fingerprint density at radius 2 is 2.07 bits per heavy atom. The third-order valence-electron chi connectivity index (χ3n) is 2.23. The zero-order valence-corrected chi connectivity index (χ0v) is 10.2. The molecule has 0 fully saturated rings. The highest BCUT2D eigenvalue weighted by molar-refractivity contribution is 7.12. The molecule has 1 aromatic rings. The Labute approximate surface area is 90.5 Å². The lowest BCUT2D eigenvalue weighted by Gasteiger charge is -2.19. The average molecular weight is 212 g/mol. The molecule has 0 amide bonds. The van der Waals surface area contributed by atoms with Crippen LogP contribution in [-0.2, 0) is 0 Å². The highest BCUT2D eigenvalue weighted by atomic mass is 32.1. The molecule has 3 N–H and O–H groups in total. The van der Waals surface area contributed by atoms with Crippen molar-refractivity contribution < 1.29 is 0 Å². The lowest BCUT2D eigenvalue weighted by molar-refractivity contribution is 0.483. The summed E-state index contributed by atoms with van der Waals surface area (Å²) in [6, 6.07) is 3.02. The molecule has 1 heterocycles. The molecule has 0 aliphatic carbocycles. The van der Waals surface area contributed by atoms with Gasteiger partial charge in [-0.05, 0) is 25.5 Å². The topological polar surface area (TPSA) is 38.0 Å². The van der Waals surface area contributed by atoms with Gasteiger partial charge in [0.15, 0.2) is 0 Å². The molecule has 0 aliphatic rings. The summed E-state index contributed by atoms with van der Waals surface area (Å²) in [5.74, 6) is 0. The molecule has 2 nitrogen and oxygen atoms in total. The van der Waals surface area contributed by atoms with E-state index in [9.17, 15) is 0 Å². The molecule has 0 saturated heterocycles. The van der Waals surface area contributed by atoms with Crippen molar-refractivity contribution in [3.63, 3.8) is 0 Å². The van der Waals surface area contributed by atoms with Gasteiger partial charge >= 0.3 is 0 Å². The third-order valence-corrected chi connectivity index (χ3v) is 3.21. The molecule has 0 aromatic carbocycles. The SMILES string of the molecule is Cc1cc(C(CN)NC(C)C)c(C)s1. The molecule has 14 heavy (non-hydrogen) atoms. The summed E-state index contributed by atoms with van der Waals surface area (Å²) < 4.78 is 0. The second-order valence-corrected chi connectivity index (χ2v) is 5.44. The monoisotopic (exact) mass is 212 g/mol. The Morgan fingerprint density at radius 3 is 2.43 bits per heavy atom. The number of nitrogens with two attached hydrogens (primary N) is 1. The van der Waals surface area contributed by atoms with E-state index in [-0.39, 0.29) is 0 Å². The third kappa shape index (κ3) is 2.80. The molecule has 1 atom stereocenters. The van der Waals surface area contributed by atoms with Crippen LogP contribution < -0.4 is 11.1 Å². The zero-order chi connectivity index (χ0) is 10.7. The van der Waals surface area contributed by atoms with E-state index in [0.717, 1.165) is 0 Å². The number of nitrogens with one attached hydrogen (secondary N) is 1. The van der Waals surface area contributed by atoms with Crippen molar-refractivity contribution >= 4 is 11.3 Å². The van der Waals surface area contributed by atoms with E-state index >= 15 is 0 Å². The van der Waals surface area contributed by atoms with Gasteiger partial charge in [0, 0.05) is 28.4 Å². The Balaban J connectivity index is 2.83. The van der Waals surface area contributed by atoms with Crippen molar-refractivity contribution in [2.24, 2.45) is 5.73 Å². The van der Waals surface area contributed by atoms with Gasteiger partial charge in [0.25, 0.3) is 0 Å². The quantitative estimate of drug-likeness (QED) is 0.804. The van der Waals surface area contributed by atoms with Crippen LogP contribution in [0.5, 0.6) is 0 Å². The molecule has 0 bridgehead atoms. The molecule has 0 aliphatic heterocycles. The Hall–Kier alpha value is -0.380. The molecule has 1 unspecified atom stereocenters. The normalized spacial score (nSPS) is 13.6. The van der Waals surface area contributed by atoms with Gasteiger partial charge in [-0.1, -0.05) is 13.8 Å². The smallest absolute Gasteiger partial charge is 0.0457 e. The van der Waals surface area contributed by atoms with E-state index < -0.39 is 0 Å². The minimum absolute atomic E-state index is 0.306. The molecule has 1 rings (SSSR count). The van der Waals surface area contributed by atoms with Crippen molar-refractivity contribution in [3.05, 3.63) is 21.4 Å². The van der Waals surface area contributed by atoms with Crippen LogP contribution in [0.3, 0.4) is 0 Å². The van der Waals surface area contributed by atoms with E-state index in [1.165, 1.54) is 15.3 Å². The van der Waals surface area contributed by atoms with Crippen LogP contribution in [0, 0.1) is 13.8 Å². The summed E-state index contributed by atoms with van der Waals surface area (Å²) in [6.45, 7) is 9.27. The van der Waals surface area contributed by atoms with Gasteiger partial charge in [-0.25, -0.2) is 0 Å². The molecular formula is C11H20N2S. The van der Waals surface area contributed by atoms with Crippen LogP contribution in [0.1, 0.15) is 35.2 Å². The van der Waals surface area contributed by atoms with Crippen molar-refractivity contribution in [1.82, 2.24) is 5.32 Å². The number of aryl methyl sites for hydroxylation is 2. The van der Waals surface area contributed by atoms with Crippen LogP contribution in [0.25, 0.3) is 0 Å². The first-order valence-corrected chi connectivity index (χ1v) is 5.89. The Kier molecular flexibility index (Phi) is 4.11. The van der Waals surface area contributed by atoms with E-state index in [2.05, 4.69) is 39.1 Å². The first-order chi connectivity index (χ1) is 6.54. The maximum Gasteiger partial charge on any atom is 0.0457 e. The van der Waals surface area contributed by atoms with E-state index in [0.29, 0.717) is 18.6 Å². The highest BCUT2D eigenvalue weighted by Gasteiger charge is 2.14. The standard InChI is InChI=1S/C11H20N2S/c1-7(2)13-11(6-12)10-5-8(3)14-9(10)4/h5,7,11,13H,6,12H2,1-4H3. The molecule has 80 valence electrons. The van der Waals surface area contributed by atoms with Crippen LogP contribution in [0.15, 0.2) is 6.07 Å². The summed E-state index contributed by atoms with van der Waals surface area (Å²) in [4.78, 5) is 2.74. The Bertz CT molecular complexity index is 291. The van der Waals surface area contributed by atoms with Gasteiger partial charge in [0.1, 0.15) is 0 Å². The first kappa shape index (κ1) is 11.7. The van der Waals surface area contributed by atoms with E-state index in [1.54, 1.807) is 0 Å². The molecule has 0 radical (unpaired) electrons. The lowest BCUT2D eigenvalue weighted by atomic mass is 10.1. The minimum Gasteiger partial charge on any atom is -0.329 e. The van der Waals surface area contributed by atoms with Gasteiger partial charge < -0.3 is 11.1 Å². The van der Waals surface area contributed by atoms with Gasteiger partial charge in [0.05, 0.1) is 0 Å². The maximum atomic E-state index is 5.77. The lowest BCUT2D eigenvalue weighted by Crippen LogP contribution is -2.33. The van der Waals surface area contributed by atoms with Gasteiger partial charge in [-0.3, -0.25) is 0 Å². The average Bonchev–Trinajstić information content (AvgIpc) is 2.41. The molecular weight excluding hydrogens is 192 g/mol. The number of hydrogen-bond acceptors (Lipinski definition) is 3.